The van der Waals surface area contributed by atoms with Crippen molar-refractivity contribution in [2.24, 2.45) is 0 Å². The topological polar surface area (TPSA) is 58.5 Å². The number of benzene rings is 2. The van der Waals surface area contributed by atoms with Crippen LogP contribution in [0.5, 0.6) is 0 Å². The lowest BCUT2D eigenvalue weighted by atomic mass is 10.1. The Hall–Kier alpha value is -3.04. The van der Waals surface area contributed by atoms with Crippen molar-refractivity contribution in [1.82, 2.24) is 19.7 Å². The van der Waals surface area contributed by atoms with Gasteiger partial charge in [-0.25, -0.2) is 13.5 Å². The standard InChI is InChI=1S/C22H24F2N6O/c1-15-10-16(2-5-21(15)29-8-6-28(7-9-29)18-12-31-13-18)26-22-25-14-30(27-22)17-3-4-19(23)20(24)11-17/h2-5,10-11,14,18H,6-9,12-13H2,1H3,(H,26,27). The molecular formula is C22H24F2N6O. The molecule has 2 aromatic carbocycles. The summed E-state index contributed by atoms with van der Waals surface area (Å²) in [6, 6.07) is 10.4. The van der Waals surface area contributed by atoms with E-state index in [0.29, 0.717) is 17.7 Å². The Morgan fingerprint density at radius 2 is 1.81 bits per heavy atom. The van der Waals surface area contributed by atoms with Crippen LogP contribution < -0.4 is 10.2 Å². The lowest BCUT2D eigenvalue weighted by molar-refractivity contribution is -0.0660. The molecule has 0 atom stereocenters. The molecule has 162 valence electrons. The Kier molecular flexibility index (Phi) is 5.29. The van der Waals surface area contributed by atoms with Gasteiger partial charge in [-0.2, -0.15) is 4.98 Å². The first-order valence-electron chi connectivity index (χ1n) is 10.4. The maximum Gasteiger partial charge on any atom is 0.246 e. The maximum atomic E-state index is 13.5. The number of anilines is 3. The van der Waals surface area contributed by atoms with E-state index >= 15 is 0 Å². The lowest BCUT2D eigenvalue weighted by Gasteiger charge is -2.43. The van der Waals surface area contributed by atoms with Gasteiger partial charge in [-0.3, -0.25) is 4.90 Å². The van der Waals surface area contributed by atoms with Crippen LogP contribution in [0.25, 0.3) is 5.69 Å². The second-order valence-corrected chi connectivity index (χ2v) is 7.95. The van der Waals surface area contributed by atoms with Gasteiger partial charge in [0.25, 0.3) is 0 Å². The van der Waals surface area contributed by atoms with Crippen LogP contribution in [0.4, 0.5) is 26.1 Å². The summed E-state index contributed by atoms with van der Waals surface area (Å²) in [5, 5.41) is 7.48. The van der Waals surface area contributed by atoms with Crippen LogP contribution in [-0.2, 0) is 4.74 Å². The van der Waals surface area contributed by atoms with Crippen LogP contribution in [-0.4, -0.2) is 65.1 Å². The minimum Gasteiger partial charge on any atom is -0.378 e. The van der Waals surface area contributed by atoms with Crippen LogP contribution in [0.2, 0.25) is 0 Å². The Balaban J connectivity index is 1.24. The van der Waals surface area contributed by atoms with E-state index in [4.69, 9.17) is 4.74 Å². The molecule has 3 heterocycles. The Morgan fingerprint density at radius 1 is 1.00 bits per heavy atom. The van der Waals surface area contributed by atoms with E-state index in [1.54, 1.807) is 0 Å². The van der Waals surface area contributed by atoms with Crippen LogP contribution in [0.1, 0.15) is 5.56 Å². The molecule has 7 nitrogen and oxygen atoms in total. The maximum absolute atomic E-state index is 13.5. The van der Waals surface area contributed by atoms with Gasteiger partial charge in [0.2, 0.25) is 5.95 Å². The molecule has 9 heteroatoms. The molecule has 0 saturated carbocycles. The highest BCUT2D eigenvalue weighted by Gasteiger charge is 2.29. The molecule has 3 aromatic rings. The molecule has 0 bridgehead atoms. The Bertz CT molecular complexity index is 1080. The predicted molar refractivity (Wildman–Crippen MR) is 114 cm³/mol. The summed E-state index contributed by atoms with van der Waals surface area (Å²) in [4.78, 5) is 9.15. The fourth-order valence-corrected chi connectivity index (χ4v) is 4.05. The molecule has 2 fully saturated rings. The summed E-state index contributed by atoms with van der Waals surface area (Å²) in [7, 11) is 0. The lowest BCUT2D eigenvalue weighted by Crippen LogP contribution is -2.56. The molecule has 2 saturated heterocycles. The van der Waals surface area contributed by atoms with Crippen molar-refractivity contribution in [3.63, 3.8) is 0 Å². The third-order valence-corrected chi connectivity index (χ3v) is 5.90. The number of ether oxygens (including phenoxy) is 1. The number of piperazine rings is 1. The number of nitrogens with zero attached hydrogens (tertiary/aromatic N) is 5. The average Bonchev–Trinajstić information content (AvgIpc) is 3.18. The Morgan fingerprint density at radius 3 is 2.48 bits per heavy atom. The zero-order valence-corrected chi connectivity index (χ0v) is 17.3. The number of hydrogen-bond acceptors (Lipinski definition) is 6. The van der Waals surface area contributed by atoms with Crippen LogP contribution in [0.15, 0.2) is 42.7 Å². The fraction of sp³-hybridized carbons (Fsp3) is 0.364. The van der Waals surface area contributed by atoms with E-state index in [-0.39, 0.29) is 0 Å². The summed E-state index contributed by atoms with van der Waals surface area (Å²) >= 11 is 0. The van der Waals surface area contributed by atoms with Crippen LogP contribution in [0, 0.1) is 18.6 Å². The number of nitrogens with one attached hydrogen (secondary N) is 1. The van der Waals surface area contributed by atoms with Crippen molar-refractivity contribution in [2.75, 3.05) is 49.6 Å². The van der Waals surface area contributed by atoms with E-state index in [1.807, 2.05) is 6.07 Å². The highest BCUT2D eigenvalue weighted by Crippen LogP contribution is 2.27. The molecule has 0 radical (unpaired) electrons. The SMILES string of the molecule is Cc1cc(Nc2ncn(-c3ccc(F)c(F)c3)n2)ccc1N1CCN(C2COC2)CC1. The van der Waals surface area contributed by atoms with E-state index in [9.17, 15) is 8.78 Å². The quantitative estimate of drug-likeness (QED) is 0.677. The van der Waals surface area contributed by atoms with Gasteiger partial charge in [0.15, 0.2) is 11.6 Å². The summed E-state index contributed by atoms with van der Waals surface area (Å²) in [5.41, 5.74) is 3.67. The molecule has 0 aliphatic carbocycles. The summed E-state index contributed by atoms with van der Waals surface area (Å²) in [5.74, 6) is -1.43. The second-order valence-electron chi connectivity index (χ2n) is 7.95. The van der Waals surface area contributed by atoms with Gasteiger partial charge in [-0.15, -0.1) is 5.10 Å². The van der Waals surface area contributed by atoms with Gasteiger partial charge in [0.1, 0.15) is 6.33 Å². The molecule has 1 aromatic heterocycles. The van der Waals surface area contributed by atoms with Gasteiger partial charge in [-0.1, -0.05) is 0 Å². The first-order valence-corrected chi connectivity index (χ1v) is 10.4. The highest BCUT2D eigenvalue weighted by molar-refractivity contribution is 5.63. The predicted octanol–water partition coefficient (Wildman–Crippen LogP) is 3.12. The Labute approximate surface area is 179 Å². The van der Waals surface area contributed by atoms with Crippen molar-refractivity contribution in [2.45, 2.75) is 13.0 Å². The largest absolute Gasteiger partial charge is 0.378 e. The molecule has 0 spiro atoms. The van der Waals surface area contributed by atoms with Crippen molar-refractivity contribution in [3.8, 4) is 5.69 Å². The molecule has 1 N–H and O–H groups in total. The smallest absolute Gasteiger partial charge is 0.246 e. The number of hydrogen-bond donors (Lipinski definition) is 1. The molecule has 31 heavy (non-hydrogen) atoms. The van der Waals surface area contributed by atoms with Gasteiger partial charge < -0.3 is 15.0 Å². The van der Waals surface area contributed by atoms with Gasteiger partial charge in [-0.05, 0) is 42.8 Å². The highest BCUT2D eigenvalue weighted by atomic mass is 19.2. The minimum atomic E-state index is -0.921. The third-order valence-electron chi connectivity index (χ3n) is 5.90. The van der Waals surface area contributed by atoms with Gasteiger partial charge in [0.05, 0.1) is 24.9 Å². The summed E-state index contributed by atoms with van der Waals surface area (Å²) in [6.45, 7) is 7.94. The van der Waals surface area contributed by atoms with Gasteiger partial charge in [0, 0.05) is 43.6 Å². The molecule has 5 rings (SSSR count). The number of halogens is 2. The number of aromatic nitrogens is 3. The molecule has 0 amide bonds. The van der Waals surface area contributed by atoms with Crippen LogP contribution in [0.3, 0.4) is 0 Å². The molecule has 2 aliphatic heterocycles. The van der Waals surface area contributed by atoms with Gasteiger partial charge >= 0.3 is 0 Å². The first-order chi connectivity index (χ1) is 15.1. The monoisotopic (exact) mass is 426 g/mol. The van der Waals surface area contributed by atoms with E-state index in [1.165, 1.54) is 28.3 Å². The van der Waals surface area contributed by atoms with Crippen molar-refractivity contribution in [1.29, 1.82) is 0 Å². The zero-order valence-electron chi connectivity index (χ0n) is 17.3. The minimum absolute atomic E-state index is 0.383. The first kappa shape index (κ1) is 19.9. The molecule has 0 unspecified atom stereocenters. The van der Waals surface area contributed by atoms with Crippen molar-refractivity contribution >= 4 is 17.3 Å². The third kappa shape index (κ3) is 4.11. The number of aryl methyl sites for hydroxylation is 1. The summed E-state index contributed by atoms with van der Waals surface area (Å²) < 4.78 is 33.3. The molecular weight excluding hydrogens is 402 g/mol. The summed E-state index contributed by atoms with van der Waals surface area (Å²) in [6.07, 6.45) is 1.46. The normalized spacial score (nSPS) is 17.6. The fourth-order valence-electron chi connectivity index (χ4n) is 4.05. The average molecular weight is 426 g/mol. The van der Waals surface area contributed by atoms with E-state index in [2.05, 4.69) is 44.3 Å². The van der Waals surface area contributed by atoms with Crippen molar-refractivity contribution < 1.29 is 13.5 Å². The second kappa shape index (κ2) is 8.24. The van der Waals surface area contributed by atoms with E-state index in [0.717, 1.165) is 57.2 Å². The van der Waals surface area contributed by atoms with E-state index < -0.39 is 11.6 Å². The zero-order chi connectivity index (χ0) is 21.4. The number of rotatable bonds is 5. The van der Waals surface area contributed by atoms with Crippen LogP contribution >= 0.6 is 0 Å². The molecule has 2 aliphatic rings. The van der Waals surface area contributed by atoms with Crippen molar-refractivity contribution in [3.05, 3.63) is 59.9 Å².